The van der Waals surface area contributed by atoms with Crippen LogP contribution in [0.4, 0.5) is 0 Å². The van der Waals surface area contributed by atoms with Crippen LogP contribution in [0.15, 0.2) is 54.6 Å². The number of aromatic carboxylic acids is 1. The van der Waals surface area contributed by atoms with E-state index in [0.29, 0.717) is 15.8 Å². The molecule has 33 heavy (non-hydrogen) atoms. The van der Waals surface area contributed by atoms with Crippen molar-refractivity contribution in [2.45, 2.75) is 25.4 Å². The molecule has 8 heteroatoms. The number of carbonyl (C=O) groups is 2. The van der Waals surface area contributed by atoms with Gasteiger partial charge in [0.2, 0.25) is 0 Å². The number of piperidine rings is 1. The van der Waals surface area contributed by atoms with E-state index in [1.807, 2.05) is 18.2 Å². The van der Waals surface area contributed by atoms with Crippen molar-refractivity contribution in [2.75, 3.05) is 19.7 Å². The maximum atomic E-state index is 12.4. The molecule has 0 bridgehead atoms. The molecule has 6 nitrogen and oxygen atoms in total. The van der Waals surface area contributed by atoms with Crippen molar-refractivity contribution in [1.82, 2.24) is 10.2 Å². The first kappa shape index (κ1) is 23.4. The summed E-state index contributed by atoms with van der Waals surface area (Å²) in [4.78, 5) is 25.8. The summed E-state index contributed by atoms with van der Waals surface area (Å²) in [6.07, 6.45) is 1.74. The van der Waals surface area contributed by atoms with E-state index in [0.717, 1.165) is 48.8 Å². The molecule has 0 spiro atoms. The molecule has 1 amide bonds. The minimum absolute atomic E-state index is 0.0673. The van der Waals surface area contributed by atoms with Gasteiger partial charge >= 0.3 is 5.97 Å². The van der Waals surface area contributed by atoms with Crippen LogP contribution in [0, 0.1) is 0 Å². The number of ether oxygens (including phenoxy) is 1. The molecular formula is C25H24Cl2N2O4. The molecule has 0 saturated carbocycles. The van der Waals surface area contributed by atoms with Crippen LogP contribution in [0.2, 0.25) is 10.0 Å². The maximum Gasteiger partial charge on any atom is 0.335 e. The van der Waals surface area contributed by atoms with Crippen molar-refractivity contribution in [3.63, 3.8) is 0 Å². The fraction of sp³-hybridized carbons (Fsp3) is 0.280. The van der Waals surface area contributed by atoms with Gasteiger partial charge in [-0.3, -0.25) is 9.69 Å². The summed E-state index contributed by atoms with van der Waals surface area (Å²) in [5.74, 6) is -0.550. The highest BCUT2D eigenvalue weighted by Crippen LogP contribution is 2.24. The van der Waals surface area contributed by atoms with E-state index < -0.39 is 5.97 Å². The third kappa shape index (κ3) is 6.16. The molecule has 1 aliphatic heterocycles. The largest absolute Gasteiger partial charge is 0.484 e. The maximum absolute atomic E-state index is 12.4. The third-order valence-electron chi connectivity index (χ3n) is 5.77. The second-order valence-electron chi connectivity index (χ2n) is 8.18. The average molecular weight is 487 g/mol. The lowest BCUT2D eigenvalue weighted by atomic mass is 10.0. The van der Waals surface area contributed by atoms with Crippen molar-refractivity contribution in [1.29, 1.82) is 0 Å². The molecule has 0 unspecified atom stereocenters. The Hall–Kier alpha value is -2.80. The predicted octanol–water partition coefficient (Wildman–Crippen LogP) is 5.00. The first-order valence-corrected chi connectivity index (χ1v) is 11.5. The summed E-state index contributed by atoms with van der Waals surface area (Å²) in [6, 6.07) is 16.0. The number of amides is 1. The van der Waals surface area contributed by atoms with E-state index in [-0.39, 0.29) is 24.1 Å². The molecule has 0 atom stereocenters. The SMILES string of the molecule is O=C(COc1ccc2cc(C(=O)O)ccc2c1)NC1CCN(Cc2ccc(Cl)c(Cl)c2)CC1. The minimum Gasteiger partial charge on any atom is -0.484 e. The summed E-state index contributed by atoms with van der Waals surface area (Å²) >= 11 is 12.1. The lowest BCUT2D eigenvalue weighted by molar-refractivity contribution is -0.124. The van der Waals surface area contributed by atoms with E-state index >= 15 is 0 Å². The Balaban J connectivity index is 1.23. The standard InChI is InChI=1S/C25H24Cl2N2O4/c26-22-6-1-16(11-23(22)27)14-29-9-7-20(8-10-29)28-24(30)15-33-21-5-4-17-12-19(25(31)32)3-2-18(17)13-21/h1-6,11-13,20H,7-10,14-15H2,(H,28,30)(H,31,32). The number of carbonyl (C=O) groups excluding carboxylic acids is 1. The lowest BCUT2D eigenvalue weighted by Crippen LogP contribution is -2.45. The Bertz CT molecular complexity index is 1180. The van der Waals surface area contributed by atoms with Gasteiger partial charge in [0.1, 0.15) is 5.75 Å². The van der Waals surface area contributed by atoms with E-state index in [1.54, 1.807) is 36.4 Å². The topological polar surface area (TPSA) is 78.9 Å². The molecule has 0 radical (unpaired) electrons. The highest BCUT2D eigenvalue weighted by atomic mass is 35.5. The van der Waals surface area contributed by atoms with Gasteiger partial charge < -0.3 is 15.2 Å². The van der Waals surface area contributed by atoms with Crippen LogP contribution in [0.3, 0.4) is 0 Å². The fourth-order valence-electron chi connectivity index (χ4n) is 4.00. The van der Waals surface area contributed by atoms with Gasteiger partial charge in [-0.25, -0.2) is 4.79 Å². The number of rotatable bonds is 7. The number of nitrogens with zero attached hydrogens (tertiary/aromatic N) is 1. The number of hydrogen-bond donors (Lipinski definition) is 2. The number of halogens is 2. The number of carboxylic acids is 1. The number of carboxylic acid groups (broad SMARTS) is 1. The molecule has 0 aromatic heterocycles. The van der Waals surface area contributed by atoms with Crippen molar-refractivity contribution >= 4 is 45.9 Å². The molecule has 3 aromatic carbocycles. The van der Waals surface area contributed by atoms with E-state index in [2.05, 4.69) is 10.2 Å². The van der Waals surface area contributed by atoms with Gasteiger partial charge in [0.25, 0.3) is 5.91 Å². The average Bonchev–Trinajstić information content (AvgIpc) is 2.81. The minimum atomic E-state index is -0.964. The van der Waals surface area contributed by atoms with Crippen molar-refractivity contribution in [3.8, 4) is 5.75 Å². The summed E-state index contributed by atoms with van der Waals surface area (Å²) in [6.45, 7) is 2.50. The van der Waals surface area contributed by atoms with Crippen LogP contribution in [-0.2, 0) is 11.3 Å². The summed E-state index contributed by atoms with van der Waals surface area (Å²) in [5, 5.41) is 14.9. The van der Waals surface area contributed by atoms with Gasteiger partial charge in [0.05, 0.1) is 15.6 Å². The van der Waals surface area contributed by atoms with Crippen LogP contribution in [0.1, 0.15) is 28.8 Å². The van der Waals surface area contributed by atoms with Gasteiger partial charge in [0.15, 0.2) is 6.61 Å². The second-order valence-corrected chi connectivity index (χ2v) is 9.00. The van der Waals surface area contributed by atoms with Gasteiger partial charge in [-0.1, -0.05) is 41.4 Å². The second kappa shape index (κ2) is 10.4. The van der Waals surface area contributed by atoms with Gasteiger partial charge in [-0.05, 0) is 65.6 Å². The molecular weight excluding hydrogens is 463 g/mol. The van der Waals surface area contributed by atoms with Crippen LogP contribution in [0.25, 0.3) is 10.8 Å². The highest BCUT2D eigenvalue weighted by molar-refractivity contribution is 6.42. The Labute approximate surface area is 202 Å². The van der Waals surface area contributed by atoms with Crippen LogP contribution in [0.5, 0.6) is 5.75 Å². The third-order valence-corrected chi connectivity index (χ3v) is 6.51. The summed E-state index contributed by atoms with van der Waals surface area (Å²) < 4.78 is 5.65. The first-order chi connectivity index (χ1) is 15.9. The van der Waals surface area contributed by atoms with E-state index in [9.17, 15) is 9.59 Å². The predicted molar refractivity (Wildman–Crippen MR) is 129 cm³/mol. The number of nitrogens with one attached hydrogen (secondary N) is 1. The molecule has 1 heterocycles. The van der Waals surface area contributed by atoms with Crippen molar-refractivity contribution in [3.05, 3.63) is 75.8 Å². The summed E-state index contributed by atoms with van der Waals surface area (Å²) in [5.41, 5.74) is 1.36. The Morgan fingerprint density at radius 1 is 0.970 bits per heavy atom. The quantitative estimate of drug-likeness (QED) is 0.490. The first-order valence-electron chi connectivity index (χ1n) is 10.7. The Morgan fingerprint density at radius 3 is 2.42 bits per heavy atom. The van der Waals surface area contributed by atoms with Crippen molar-refractivity contribution < 1.29 is 19.4 Å². The van der Waals surface area contributed by atoms with Gasteiger partial charge in [-0.15, -0.1) is 0 Å². The Kier molecular flexibility index (Phi) is 7.38. The fourth-order valence-corrected chi connectivity index (χ4v) is 4.32. The monoisotopic (exact) mass is 486 g/mol. The van der Waals surface area contributed by atoms with Crippen molar-refractivity contribution in [2.24, 2.45) is 0 Å². The van der Waals surface area contributed by atoms with E-state index in [4.69, 9.17) is 33.0 Å². The van der Waals surface area contributed by atoms with Crippen LogP contribution >= 0.6 is 23.2 Å². The zero-order valence-electron chi connectivity index (χ0n) is 17.9. The summed E-state index contributed by atoms with van der Waals surface area (Å²) in [7, 11) is 0. The molecule has 1 aliphatic rings. The van der Waals surface area contributed by atoms with E-state index in [1.165, 1.54) is 0 Å². The molecule has 2 N–H and O–H groups in total. The molecule has 4 rings (SSSR count). The van der Waals surface area contributed by atoms with Crippen LogP contribution < -0.4 is 10.1 Å². The molecule has 172 valence electrons. The normalized spacial score (nSPS) is 14.8. The zero-order valence-corrected chi connectivity index (χ0v) is 19.4. The Morgan fingerprint density at radius 2 is 1.70 bits per heavy atom. The van der Waals surface area contributed by atoms with Gasteiger partial charge in [-0.2, -0.15) is 0 Å². The number of fused-ring (bicyclic) bond motifs is 1. The molecule has 1 fully saturated rings. The van der Waals surface area contributed by atoms with Gasteiger partial charge in [0, 0.05) is 25.7 Å². The molecule has 0 aliphatic carbocycles. The van der Waals surface area contributed by atoms with Crippen LogP contribution in [-0.4, -0.2) is 47.6 Å². The highest BCUT2D eigenvalue weighted by Gasteiger charge is 2.21. The smallest absolute Gasteiger partial charge is 0.335 e. The lowest BCUT2D eigenvalue weighted by Gasteiger charge is -2.32. The zero-order chi connectivity index (χ0) is 23.4. The number of benzene rings is 3. The number of hydrogen-bond acceptors (Lipinski definition) is 4. The molecule has 1 saturated heterocycles. The number of likely N-dealkylation sites (tertiary alicyclic amines) is 1. The molecule has 3 aromatic rings.